The van der Waals surface area contributed by atoms with Gasteiger partial charge in [0, 0.05) is 13.5 Å². The summed E-state index contributed by atoms with van der Waals surface area (Å²) in [5.41, 5.74) is 0.784. The van der Waals surface area contributed by atoms with Gasteiger partial charge in [0.1, 0.15) is 13.0 Å². The summed E-state index contributed by atoms with van der Waals surface area (Å²) in [6.45, 7) is 7.62. The van der Waals surface area contributed by atoms with Crippen molar-refractivity contribution in [3.8, 4) is 0 Å². The number of aliphatic hydroxyl groups excluding tert-OH is 1. The van der Waals surface area contributed by atoms with Crippen molar-refractivity contribution < 1.29 is 33.6 Å². The van der Waals surface area contributed by atoms with Crippen LogP contribution in [0.25, 0.3) is 0 Å². The van der Waals surface area contributed by atoms with Gasteiger partial charge in [-0.25, -0.2) is 0 Å². The third kappa shape index (κ3) is 5.05. The number of fused-ring (bicyclic) bond motifs is 1. The number of ether oxygens (including phenoxy) is 4. The highest BCUT2D eigenvalue weighted by Gasteiger charge is 2.57. The molecule has 2 fully saturated rings. The van der Waals surface area contributed by atoms with Crippen LogP contribution in [0.15, 0.2) is 11.6 Å². The summed E-state index contributed by atoms with van der Waals surface area (Å²) < 4.78 is 21.1. The van der Waals surface area contributed by atoms with Gasteiger partial charge in [0.25, 0.3) is 0 Å². The van der Waals surface area contributed by atoms with E-state index in [-0.39, 0.29) is 36.1 Å². The minimum atomic E-state index is -0.599. The Balaban J connectivity index is 1.72. The molecule has 2 aliphatic carbocycles. The van der Waals surface area contributed by atoms with Crippen molar-refractivity contribution in [2.24, 2.45) is 28.6 Å². The van der Waals surface area contributed by atoms with Crippen LogP contribution in [0.4, 0.5) is 0 Å². The first-order valence-electron chi connectivity index (χ1n) is 11.9. The molecule has 1 saturated carbocycles. The van der Waals surface area contributed by atoms with E-state index < -0.39 is 18.0 Å². The zero-order valence-corrected chi connectivity index (χ0v) is 20.2. The molecule has 0 radical (unpaired) electrons. The summed E-state index contributed by atoms with van der Waals surface area (Å²) in [5, 5.41) is 11.1. The first kappa shape index (κ1) is 25.2. The highest BCUT2D eigenvalue weighted by Crippen LogP contribution is 2.62. The molecule has 32 heavy (non-hydrogen) atoms. The predicted octanol–water partition coefficient (Wildman–Crippen LogP) is 3.63. The molecule has 0 bridgehead atoms. The molecule has 3 aliphatic rings. The van der Waals surface area contributed by atoms with Crippen molar-refractivity contribution in [1.82, 2.24) is 0 Å². The smallest absolute Gasteiger partial charge is 0.317 e. The van der Waals surface area contributed by atoms with Crippen LogP contribution in [0, 0.1) is 28.6 Å². The number of aliphatic hydroxyl groups is 1. The molecule has 7 heteroatoms. The molecule has 0 aromatic heterocycles. The number of rotatable bonds is 8. The number of hydrogen-bond acceptors (Lipinski definition) is 7. The summed E-state index contributed by atoms with van der Waals surface area (Å²) in [7, 11) is 2.94. The molecular formula is C25H40O7. The van der Waals surface area contributed by atoms with Crippen molar-refractivity contribution >= 4 is 11.9 Å². The van der Waals surface area contributed by atoms with E-state index in [9.17, 15) is 14.7 Å². The van der Waals surface area contributed by atoms with Gasteiger partial charge < -0.3 is 24.1 Å². The number of hydrogen-bond donors (Lipinski definition) is 1. The van der Waals surface area contributed by atoms with Gasteiger partial charge in [-0.15, -0.1) is 0 Å². The van der Waals surface area contributed by atoms with Crippen molar-refractivity contribution in [3.63, 3.8) is 0 Å². The molecule has 182 valence electrons. The summed E-state index contributed by atoms with van der Waals surface area (Å²) in [6.07, 6.45) is 6.91. The number of carbonyl (C=O) groups is 2. The lowest BCUT2D eigenvalue weighted by Gasteiger charge is -2.60. The van der Waals surface area contributed by atoms with Crippen molar-refractivity contribution in [1.29, 1.82) is 0 Å². The Bertz CT molecular complexity index is 719. The summed E-state index contributed by atoms with van der Waals surface area (Å²) in [5.74, 6) is -0.134. The van der Waals surface area contributed by atoms with E-state index in [4.69, 9.17) is 14.2 Å². The van der Waals surface area contributed by atoms with Gasteiger partial charge in [0.2, 0.25) is 0 Å². The number of carbonyl (C=O) groups excluding carboxylic acids is 2. The van der Waals surface area contributed by atoms with Gasteiger partial charge in [0.05, 0.1) is 19.8 Å². The molecular weight excluding hydrogens is 412 g/mol. The molecule has 1 heterocycles. The van der Waals surface area contributed by atoms with Crippen LogP contribution in [0.2, 0.25) is 0 Å². The Morgan fingerprint density at radius 1 is 1.25 bits per heavy atom. The van der Waals surface area contributed by atoms with E-state index >= 15 is 0 Å². The van der Waals surface area contributed by atoms with E-state index in [0.717, 1.165) is 44.3 Å². The van der Waals surface area contributed by atoms with Gasteiger partial charge in [0.15, 0.2) is 6.29 Å². The van der Waals surface area contributed by atoms with E-state index in [0.29, 0.717) is 18.3 Å². The second-order valence-electron chi connectivity index (χ2n) is 10.4. The van der Waals surface area contributed by atoms with Crippen LogP contribution in [-0.4, -0.2) is 56.9 Å². The molecule has 7 nitrogen and oxygen atoms in total. The fraction of sp³-hybridized carbons (Fsp3) is 0.840. The monoisotopic (exact) mass is 452 g/mol. The molecule has 0 spiro atoms. The molecule has 1 aliphatic heterocycles. The van der Waals surface area contributed by atoms with Gasteiger partial charge in [-0.3, -0.25) is 9.59 Å². The van der Waals surface area contributed by atoms with Crippen LogP contribution in [-0.2, 0) is 28.5 Å². The predicted molar refractivity (Wildman–Crippen MR) is 118 cm³/mol. The van der Waals surface area contributed by atoms with Crippen LogP contribution >= 0.6 is 0 Å². The highest BCUT2D eigenvalue weighted by molar-refractivity contribution is 5.91. The maximum absolute atomic E-state index is 12.0. The summed E-state index contributed by atoms with van der Waals surface area (Å²) in [6, 6.07) is 0. The van der Waals surface area contributed by atoms with E-state index in [1.807, 2.05) is 0 Å². The molecule has 1 saturated heterocycles. The molecule has 1 N–H and O–H groups in total. The SMILES string of the molecule is COC(=O)CC(=O)OCC1=CCCC2C1(C)CC(O)C(C)C2(C)CCC1COC(OC)C1. The third-order valence-corrected chi connectivity index (χ3v) is 8.70. The summed E-state index contributed by atoms with van der Waals surface area (Å²) >= 11 is 0. The Morgan fingerprint density at radius 2 is 2.00 bits per heavy atom. The highest BCUT2D eigenvalue weighted by atomic mass is 16.7. The first-order valence-corrected chi connectivity index (χ1v) is 11.9. The molecule has 0 aromatic rings. The zero-order valence-electron chi connectivity index (χ0n) is 20.2. The Hall–Kier alpha value is -1.44. The van der Waals surface area contributed by atoms with Crippen molar-refractivity contribution in [2.75, 3.05) is 27.4 Å². The largest absolute Gasteiger partial charge is 0.469 e. The normalized spacial score (nSPS) is 39.2. The fourth-order valence-corrected chi connectivity index (χ4v) is 6.46. The van der Waals surface area contributed by atoms with Crippen LogP contribution in [0.5, 0.6) is 0 Å². The first-order chi connectivity index (χ1) is 15.1. The number of esters is 2. The van der Waals surface area contributed by atoms with E-state index in [1.54, 1.807) is 7.11 Å². The quantitative estimate of drug-likeness (QED) is 0.342. The topological polar surface area (TPSA) is 91.3 Å². The van der Waals surface area contributed by atoms with Crippen molar-refractivity contribution in [3.05, 3.63) is 11.6 Å². The van der Waals surface area contributed by atoms with Gasteiger partial charge >= 0.3 is 11.9 Å². The van der Waals surface area contributed by atoms with Gasteiger partial charge in [-0.2, -0.15) is 0 Å². The summed E-state index contributed by atoms with van der Waals surface area (Å²) in [4.78, 5) is 23.4. The Labute approximate surface area is 191 Å². The minimum absolute atomic E-state index is 0.0346. The number of allylic oxidation sites excluding steroid dienone is 1. The standard InChI is InChI=1S/C25H40O7/c1-16-19(26)13-25(3)18(15-31-22(28)12-21(27)29-4)7-6-8-20(25)24(16,2)10-9-17-11-23(30-5)32-14-17/h7,16-17,19-20,23,26H,6,8-15H2,1-5H3. The van der Waals surface area contributed by atoms with Gasteiger partial charge in [-0.1, -0.05) is 26.8 Å². The molecule has 0 amide bonds. The van der Waals surface area contributed by atoms with Crippen LogP contribution < -0.4 is 0 Å². The lowest BCUT2D eigenvalue weighted by atomic mass is 9.46. The maximum Gasteiger partial charge on any atom is 0.317 e. The number of methoxy groups -OCH3 is 2. The Kier molecular flexibility index (Phi) is 8.05. The molecule has 3 rings (SSSR count). The second kappa shape index (κ2) is 10.2. The molecule has 7 unspecified atom stereocenters. The van der Waals surface area contributed by atoms with E-state index in [2.05, 4.69) is 31.6 Å². The maximum atomic E-state index is 12.0. The minimum Gasteiger partial charge on any atom is -0.469 e. The van der Waals surface area contributed by atoms with Crippen LogP contribution in [0.1, 0.15) is 65.7 Å². The second-order valence-corrected chi connectivity index (χ2v) is 10.4. The lowest BCUT2D eigenvalue weighted by Crippen LogP contribution is -2.55. The third-order valence-electron chi connectivity index (χ3n) is 8.70. The molecule has 7 atom stereocenters. The van der Waals surface area contributed by atoms with Crippen molar-refractivity contribution in [2.45, 2.75) is 78.1 Å². The fourth-order valence-electron chi connectivity index (χ4n) is 6.46. The van der Waals surface area contributed by atoms with Gasteiger partial charge in [-0.05, 0) is 66.3 Å². The average molecular weight is 453 g/mol. The van der Waals surface area contributed by atoms with E-state index in [1.165, 1.54) is 7.11 Å². The lowest BCUT2D eigenvalue weighted by molar-refractivity contribution is -0.153. The average Bonchev–Trinajstić information content (AvgIpc) is 3.23. The molecule has 0 aromatic carbocycles. The Morgan fingerprint density at radius 3 is 2.66 bits per heavy atom. The van der Waals surface area contributed by atoms with Crippen LogP contribution in [0.3, 0.4) is 0 Å². The zero-order chi connectivity index (χ0) is 23.5.